The zero-order valence-corrected chi connectivity index (χ0v) is 13.4. The van der Waals surface area contributed by atoms with Gasteiger partial charge in [0.15, 0.2) is 0 Å². The number of hydrogen-bond acceptors (Lipinski definition) is 4. The highest BCUT2D eigenvalue weighted by Gasteiger charge is 2.25. The maximum Gasteiger partial charge on any atom is 0.273 e. The molecule has 2 aromatic rings. The monoisotopic (exact) mass is 326 g/mol. The summed E-state index contributed by atoms with van der Waals surface area (Å²) in [5, 5.41) is 11.1. The minimum Gasteiger partial charge on any atom is -0.497 e. The molecule has 1 aliphatic rings. The lowest BCUT2D eigenvalue weighted by atomic mass is 10.00. The number of hydrogen-bond donors (Lipinski definition) is 0. The highest BCUT2D eigenvalue weighted by atomic mass is 16.6. The van der Waals surface area contributed by atoms with Crippen LogP contribution in [0.3, 0.4) is 0 Å². The molecule has 1 amide bonds. The molecule has 0 bridgehead atoms. The van der Waals surface area contributed by atoms with E-state index in [4.69, 9.17) is 4.74 Å². The summed E-state index contributed by atoms with van der Waals surface area (Å²) in [5.41, 5.74) is 2.35. The van der Waals surface area contributed by atoms with E-state index in [0.717, 1.165) is 29.8 Å². The van der Waals surface area contributed by atoms with Crippen molar-refractivity contribution in [2.24, 2.45) is 0 Å². The number of nitrogens with zero attached hydrogens (tertiary/aromatic N) is 2. The van der Waals surface area contributed by atoms with Crippen molar-refractivity contribution in [2.75, 3.05) is 18.6 Å². The molecule has 1 heterocycles. The average molecular weight is 326 g/mol. The molecule has 3 rings (SSSR count). The Kier molecular flexibility index (Phi) is 4.46. The van der Waals surface area contributed by atoms with Crippen molar-refractivity contribution >= 4 is 17.3 Å². The van der Waals surface area contributed by atoms with Crippen LogP contribution < -0.4 is 9.64 Å². The Bertz CT molecular complexity index is 788. The lowest BCUT2D eigenvalue weighted by Gasteiger charge is -2.30. The van der Waals surface area contributed by atoms with Gasteiger partial charge in [-0.1, -0.05) is 18.2 Å². The van der Waals surface area contributed by atoms with Crippen LogP contribution in [-0.4, -0.2) is 24.5 Å². The second kappa shape index (κ2) is 6.70. The summed E-state index contributed by atoms with van der Waals surface area (Å²) in [6, 6.07) is 12.0. The summed E-state index contributed by atoms with van der Waals surface area (Å²) in [6.07, 6.45) is 1.77. The number of para-hydroxylation sites is 1. The van der Waals surface area contributed by atoms with Crippen molar-refractivity contribution in [1.29, 1.82) is 0 Å². The number of aryl methyl sites for hydroxylation is 1. The quantitative estimate of drug-likeness (QED) is 0.639. The fourth-order valence-electron chi connectivity index (χ4n) is 3.06. The number of ether oxygens (including phenoxy) is 1. The van der Waals surface area contributed by atoms with Crippen LogP contribution in [0.2, 0.25) is 0 Å². The first-order valence-corrected chi connectivity index (χ1v) is 7.79. The van der Waals surface area contributed by atoms with Gasteiger partial charge in [-0.15, -0.1) is 0 Å². The number of benzene rings is 2. The zero-order chi connectivity index (χ0) is 17.1. The van der Waals surface area contributed by atoms with E-state index >= 15 is 0 Å². The van der Waals surface area contributed by atoms with Crippen molar-refractivity contribution < 1.29 is 14.5 Å². The van der Waals surface area contributed by atoms with Crippen molar-refractivity contribution in [3.8, 4) is 5.75 Å². The third-order valence-electron chi connectivity index (χ3n) is 4.24. The molecule has 0 radical (unpaired) electrons. The number of nitro benzene ring substituents is 1. The minimum absolute atomic E-state index is 0.0159. The van der Waals surface area contributed by atoms with Crippen LogP contribution in [0.5, 0.6) is 5.75 Å². The minimum atomic E-state index is -0.447. The van der Waals surface area contributed by atoms with Gasteiger partial charge in [0.2, 0.25) is 5.91 Å². The first-order valence-electron chi connectivity index (χ1n) is 7.79. The number of rotatable bonds is 4. The number of anilines is 1. The molecule has 0 fully saturated rings. The zero-order valence-electron chi connectivity index (χ0n) is 13.4. The summed E-state index contributed by atoms with van der Waals surface area (Å²) in [6.45, 7) is 0.624. The maximum absolute atomic E-state index is 12.7. The van der Waals surface area contributed by atoms with Crippen LogP contribution in [0.4, 0.5) is 11.4 Å². The second-order valence-corrected chi connectivity index (χ2v) is 5.71. The molecular formula is C18H18N2O4. The van der Waals surface area contributed by atoms with Crippen LogP contribution >= 0.6 is 0 Å². The largest absolute Gasteiger partial charge is 0.497 e. The molecule has 124 valence electrons. The SMILES string of the molecule is COc1ccc2c(c1)CCCN2C(=O)Cc1ccccc1[N+](=O)[O-]. The molecule has 2 aromatic carbocycles. The molecule has 1 aliphatic heterocycles. The number of carbonyl (C=O) groups is 1. The van der Waals surface area contributed by atoms with Crippen LogP contribution in [0, 0.1) is 10.1 Å². The normalized spacial score (nSPS) is 13.3. The van der Waals surface area contributed by atoms with Gasteiger partial charge >= 0.3 is 0 Å². The lowest BCUT2D eigenvalue weighted by molar-refractivity contribution is -0.385. The highest BCUT2D eigenvalue weighted by molar-refractivity contribution is 5.96. The summed E-state index contributed by atoms with van der Waals surface area (Å²) >= 11 is 0. The summed E-state index contributed by atoms with van der Waals surface area (Å²) in [5.74, 6) is 0.636. The molecule has 6 nitrogen and oxygen atoms in total. The van der Waals surface area contributed by atoms with Crippen LogP contribution in [0.25, 0.3) is 0 Å². The summed E-state index contributed by atoms with van der Waals surface area (Å²) in [4.78, 5) is 25.1. The van der Waals surface area contributed by atoms with Gasteiger partial charge in [0.05, 0.1) is 18.5 Å². The predicted octanol–water partition coefficient (Wildman–Crippen LogP) is 3.13. The molecule has 0 atom stereocenters. The van der Waals surface area contributed by atoms with Gasteiger partial charge in [0.25, 0.3) is 5.69 Å². The van der Waals surface area contributed by atoms with E-state index in [9.17, 15) is 14.9 Å². The smallest absolute Gasteiger partial charge is 0.273 e. The molecule has 0 aliphatic carbocycles. The van der Waals surface area contributed by atoms with E-state index in [1.807, 2.05) is 18.2 Å². The molecule has 0 spiro atoms. The van der Waals surface area contributed by atoms with E-state index in [1.54, 1.807) is 30.2 Å². The molecule has 6 heteroatoms. The third-order valence-corrected chi connectivity index (χ3v) is 4.24. The van der Waals surface area contributed by atoms with Gasteiger partial charge in [-0.05, 0) is 36.6 Å². The molecule has 24 heavy (non-hydrogen) atoms. The maximum atomic E-state index is 12.7. The highest BCUT2D eigenvalue weighted by Crippen LogP contribution is 2.31. The summed E-state index contributed by atoms with van der Waals surface area (Å²) in [7, 11) is 1.61. The standard InChI is InChI=1S/C18H18N2O4/c1-24-15-8-9-16-13(11-15)6-4-10-19(16)18(21)12-14-5-2-3-7-17(14)20(22)23/h2-3,5,7-9,11H,4,6,10,12H2,1H3. The number of nitro groups is 1. The lowest BCUT2D eigenvalue weighted by Crippen LogP contribution is -2.36. The van der Waals surface area contributed by atoms with E-state index < -0.39 is 4.92 Å². The fourth-order valence-corrected chi connectivity index (χ4v) is 3.06. The van der Waals surface area contributed by atoms with Gasteiger partial charge in [0, 0.05) is 23.9 Å². The van der Waals surface area contributed by atoms with Gasteiger partial charge in [-0.25, -0.2) is 0 Å². The van der Waals surface area contributed by atoms with E-state index in [0.29, 0.717) is 12.1 Å². The Morgan fingerprint density at radius 3 is 2.83 bits per heavy atom. The van der Waals surface area contributed by atoms with E-state index in [-0.39, 0.29) is 18.0 Å². The first kappa shape index (κ1) is 16.0. The Balaban J connectivity index is 1.86. The predicted molar refractivity (Wildman–Crippen MR) is 90.5 cm³/mol. The van der Waals surface area contributed by atoms with Crippen molar-refractivity contribution in [3.63, 3.8) is 0 Å². The van der Waals surface area contributed by atoms with Gasteiger partial charge in [-0.3, -0.25) is 14.9 Å². The number of methoxy groups -OCH3 is 1. The number of fused-ring (bicyclic) bond motifs is 1. The number of amides is 1. The molecule has 0 saturated carbocycles. The Labute approximate surface area is 139 Å². The van der Waals surface area contributed by atoms with Gasteiger partial charge in [-0.2, -0.15) is 0 Å². The molecule has 0 aromatic heterocycles. The molecular weight excluding hydrogens is 308 g/mol. The van der Waals surface area contributed by atoms with Crippen LogP contribution in [0.15, 0.2) is 42.5 Å². The summed E-state index contributed by atoms with van der Waals surface area (Å²) < 4.78 is 5.24. The van der Waals surface area contributed by atoms with Crippen molar-refractivity contribution in [1.82, 2.24) is 0 Å². The van der Waals surface area contributed by atoms with Crippen LogP contribution in [-0.2, 0) is 17.6 Å². The first-order chi connectivity index (χ1) is 11.6. The molecule has 0 unspecified atom stereocenters. The Morgan fingerprint density at radius 2 is 2.08 bits per heavy atom. The molecule has 0 saturated heterocycles. The Morgan fingerprint density at radius 1 is 1.29 bits per heavy atom. The van der Waals surface area contributed by atoms with Crippen molar-refractivity contribution in [3.05, 3.63) is 63.7 Å². The van der Waals surface area contributed by atoms with Gasteiger partial charge < -0.3 is 9.64 Å². The Hall–Kier alpha value is -2.89. The topological polar surface area (TPSA) is 72.7 Å². The average Bonchev–Trinajstić information content (AvgIpc) is 2.60. The second-order valence-electron chi connectivity index (χ2n) is 5.71. The number of carbonyl (C=O) groups excluding carboxylic acids is 1. The van der Waals surface area contributed by atoms with Gasteiger partial charge in [0.1, 0.15) is 5.75 Å². The van der Waals surface area contributed by atoms with E-state index in [2.05, 4.69) is 0 Å². The fraction of sp³-hybridized carbons (Fsp3) is 0.278. The van der Waals surface area contributed by atoms with E-state index in [1.165, 1.54) is 6.07 Å². The van der Waals surface area contributed by atoms with Crippen LogP contribution in [0.1, 0.15) is 17.5 Å². The molecule has 0 N–H and O–H groups in total. The van der Waals surface area contributed by atoms with Crippen molar-refractivity contribution in [2.45, 2.75) is 19.3 Å². The third kappa shape index (κ3) is 3.08.